The Hall–Kier alpha value is -1.62. The monoisotopic (exact) mass is 417 g/mol. The Morgan fingerprint density at radius 2 is 1.34 bits per heavy atom. The minimum Gasteiger partial charge on any atom is -0.497 e. The second-order valence-corrected chi connectivity index (χ2v) is 8.36. The van der Waals surface area contributed by atoms with Crippen LogP contribution in [0.25, 0.3) is 5.69 Å². The van der Waals surface area contributed by atoms with Crippen molar-refractivity contribution in [1.82, 2.24) is 14.8 Å². The Labute approximate surface area is 182 Å². The van der Waals surface area contributed by atoms with Crippen LogP contribution in [0.4, 0.5) is 0 Å². The molecule has 0 saturated carbocycles. The van der Waals surface area contributed by atoms with E-state index in [9.17, 15) is 0 Å². The highest BCUT2D eigenvalue weighted by atomic mass is 32.1. The standard InChI is InChI=1S/C24H39N3OS/c1-3-4-5-6-7-8-9-10-11-12-13-14-15-16-23-25-26-24(29)27(23)21-17-19-22(28-2)20-18-21/h17-20H,3-16H2,1-2H3,(H,26,29). The number of methoxy groups -OCH3 is 1. The molecule has 1 N–H and O–H groups in total. The number of aromatic amines is 1. The maximum absolute atomic E-state index is 5.43. The zero-order valence-corrected chi connectivity index (χ0v) is 19.2. The van der Waals surface area contributed by atoms with Gasteiger partial charge in [-0.05, 0) is 42.9 Å². The molecule has 0 radical (unpaired) electrons. The Kier molecular flexibility index (Phi) is 11.7. The molecule has 0 aliphatic rings. The average molecular weight is 418 g/mol. The third-order valence-corrected chi connectivity index (χ3v) is 5.85. The van der Waals surface area contributed by atoms with E-state index in [1.165, 1.54) is 77.0 Å². The summed E-state index contributed by atoms with van der Waals surface area (Å²) in [7, 11) is 1.68. The smallest absolute Gasteiger partial charge is 0.199 e. The molecule has 1 aromatic heterocycles. The summed E-state index contributed by atoms with van der Waals surface area (Å²) in [4.78, 5) is 0. The van der Waals surface area contributed by atoms with Crippen molar-refractivity contribution < 1.29 is 4.74 Å². The lowest BCUT2D eigenvalue weighted by Gasteiger charge is -2.08. The second kappa shape index (κ2) is 14.4. The molecule has 2 aromatic rings. The average Bonchev–Trinajstić information content (AvgIpc) is 3.11. The van der Waals surface area contributed by atoms with Crippen molar-refractivity contribution >= 4 is 12.2 Å². The van der Waals surface area contributed by atoms with Gasteiger partial charge >= 0.3 is 0 Å². The minimum absolute atomic E-state index is 0.653. The zero-order chi connectivity index (χ0) is 20.7. The van der Waals surface area contributed by atoms with Crippen LogP contribution in [0, 0.1) is 4.77 Å². The van der Waals surface area contributed by atoms with Gasteiger partial charge in [0.1, 0.15) is 11.6 Å². The minimum atomic E-state index is 0.653. The van der Waals surface area contributed by atoms with Crippen LogP contribution in [0.1, 0.15) is 96.2 Å². The van der Waals surface area contributed by atoms with E-state index < -0.39 is 0 Å². The van der Waals surface area contributed by atoms with E-state index in [0.717, 1.165) is 30.1 Å². The van der Waals surface area contributed by atoms with Gasteiger partial charge in [-0.3, -0.25) is 9.67 Å². The second-order valence-electron chi connectivity index (χ2n) is 7.97. The van der Waals surface area contributed by atoms with Crippen LogP contribution in [-0.2, 0) is 6.42 Å². The number of H-pyrrole nitrogens is 1. The fourth-order valence-corrected chi connectivity index (χ4v) is 4.05. The number of aryl methyl sites for hydroxylation is 1. The number of rotatable bonds is 16. The molecule has 0 aliphatic heterocycles. The van der Waals surface area contributed by atoms with Gasteiger partial charge in [0.15, 0.2) is 4.77 Å². The van der Waals surface area contributed by atoms with Crippen molar-refractivity contribution in [3.63, 3.8) is 0 Å². The molecule has 162 valence electrons. The van der Waals surface area contributed by atoms with Gasteiger partial charge in [-0.25, -0.2) is 0 Å². The van der Waals surface area contributed by atoms with Crippen molar-refractivity contribution in [3.05, 3.63) is 34.9 Å². The lowest BCUT2D eigenvalue weighted by molar-refractivity contribution is 0.414. The van der Waals surface area contributed by atoms with Gasteiger partial charge in [0.05, 0.1) is 7.11 Å². The summed E-state index contributed by atoms with van der Waals surface area (Å²) in [6.07, 6.45) is 18.8. The third kappa shape index (κ3) is 8.73. The third-order valence-electron chi connectivity index (χ3n) is 5.58. The molecule has 0 fully saturated rings. The molecule has 5 heteroatoms. The Bertz CT molecular complexity index is 720. The molecule has 4 nitrogen and oxygen atoms in total. The number of hydrogen-bond acceptors (Lipinski definition) is 3. The summed E-state index contributed by atoms with van der Waals surface area (Å²) >= 11 is 5.43. The molecule has 0 unspecified atom stereocenters. The first kappa shape index (κ1) is 23.7. The quantitative estimate of drug-likeness (QED) is 0.226. The summed E-state index contributed by atoms with van der Waals surface area (Å²) in [5.41, 5.74) is 1.04. The molecule has 0 spiro atoms. The van der Waals surface area contributed by atoms with Crippen LogP contribution in [0.3, 0.4) is 0 Å². The Balaban J connectivity index is 1.59. The van der Waals surface area contributed by atoms with E-state index in [0.29, 0.717) is 4.77 Å². The number of nitrogens with zero attached hydrogens (tertiary/aromatic N) is 2. The molecule has 0 saturated heterocycles. The lowest BCUT2D eigenvalue weighted by Crippen LogP contribution is -2.02. The van der Waals surface area contributed by atoms with Crippen LogP contribution in [0.15, 0.2) is 24.3 Å². The highest BCUT2D eigenvalue weighted by Crippen LogP contribution is 2.18. The fraction of sp³-hybridized carbons (Fsp3) is 0.667. The fourth-order valence-electron chi connectivity index (χ4n) is 3.80. The normalized spacial score (nSPS) is 11.1. The maximum Gasteiger partial charge on any atom is 0.199 e. The predicted octanol–water partition coefficient (Wildman–Crippen LogP) is 7.57. The number of benzene rings is 1. The zero-order valence-electron chi connectivity index (χ0n) is 18.4. The molecule has 0 bridgehead atoms. The van der Waals surface area contributed by atoms with Crippen LogP contribution >= 0.6 is 12.2 Å². The van der Waals surface area contributed by atoms with Crippen LogP contribution in [0.5, 0.6) is 5.75 Å². The van der Waals surface area contributed by atoms with Crippen molar-refractivity contribution in [2.45, 2.75) is 96.8 Å². The van der Waals surface area contributed by atoms with E-state index in [1.807, 2.05) is 28.8 Å². The first-order valence-electron chi connectivity index (χ1n) is 11.6. The van der Waals surface area contributed by atoms with Crippen LogP contribution in [0.2, 0.25) is 0 Å². The Morgan fingerprint density at radius 1 is 0.828 bits per heavy atom. The largest absolute Gasteiger partial charge is 0.497 e. The van der Waals surface area contributed by atoms with Gasteiger partial charge in [-0.15, -0.1) is 0 Å². The van der Waals surface area contributed by atoms with E-state index in [-0.39, 0.29) is 0 Å². The Morgan fingerprint density at radius 3 is 1.86 bits per heavy atom. The van der Waals surface area contributed by atoms with Gasteiger partial charge in [0.2, 0.25) is 0 Å². The van der Waals surface area contributed by atoms with Gasteiger partial charge in [0, 0.05) is 12.1 Å². The van der Waals surface area contributed by atoms with E-state index in [1.54, 1.807) is 7.11 Å². The topological polar surface area (TPSA) is 42.8 Å². The van der Waals surface area contributed by atoms with E-state index in [4.69, 9.17) is 17.0 Å². The van der Waals surface area contributed by atoms with Crippen LogP contribution < -0.4 is 4.74 Å². The molecule has 1 heterocycles. The van der Waals surface area contributed by atoms with E-state index >= 15 is 0 Å². The molecule has 2 rings (SSSR count). The summed E-state index contributed by atoms with van der Waals surface area (Å²) in [6.45, 7) is 2.28. The summed E-state index contributed by atoms with van der Waals surface area (Å²) in [5.74, 6) is 1.87. The van der Waals surface area contributed by atoms with Gasteiger partial charge in [-0.1, -0.05) is 84.0 Å². The molecule has 0 atom stereocenters. The molecule has 29 heavy (non-hydrogen) atoms. The first-order chi connectivity index (χ1) is 14.3. The lowest BCUT2D eigenvalue weighted by atomic mass is 10.0. The van der Waals surface area contributed by atoms with Crippen molar-refractivity contribution in [1.29, 1.82) is 0 Å². The van der Waals surface area contributed by atoms with Crippen molar-refractivity contribution in [2.75, 3.05) is 7.11 Å². The van der Waals surface area contributed by atoms with Crippen LogP contribution in [-0.4, -0.2) is 21.9 Å². The predicted molar refractivity (Wildman–Crippen MR) is 125 cm³/mol. The van der Waals surface area contributed by atoms with E-state index in [2.05, 4.69) is 17.1 Å². The number of hydrogen-bond donors (Lipinski definition) is 1. The highest BCUT2D eigenvalue weighted by Gasteiger charge is 2.08. The molecule has 1 aromatic carbocycles. The van der Waals surface area contributed by atoms with Crippen molar-refractivity contribution in [2.24, 2.45) is 0 Å². The highest BCUT2D eigenvalue weighted by molar-refractivity contribution is 7.71. The molecular weight excluding hydrogens is 378 g/mol. The number of nitrogens with one attached hydrogen (secondary N) is 1. The van der Waals surface area contributed by atoms with Gasteiger partial charge < -0.3 is 4.74 Å². The number of aromatic nitrogens is 3. The first-order valence-corrected chi connectivity index (χ1v) is 12.0. The molecular formula is C24H39N3OS. The maximum atomic E-state index is 5.43. The van der Waals surface area contributed by atoms with Gasteiger partial charge in [-0.2, -0.15) is 5.10 Å². The summed E-state index contributed by atoms with van der Waals surface area (Å²) in [5, 5.41) is 7.39. The molecule has 0 aliphatic carbocycles. The summed E-state index contributed by atoms with van der Waals surface area (Å²) < 4.78 is 7.93. The summed E-state index contributed by atoms with van der Waals surface area (Å²) in [6, 6.07) is 7.97. The number of unbranched alkanes of at least 4 members (excludes halogenated alkanes) is 12. The van der Waals surface area contributed by atoms with Gasteiger partial charge in [0.25, 0.3) is 0 Å². The SMILES string of the molecule is CCCCCCCCCCCCCCCc1n[nH]c(=S)n1-c1ccc(OC)cc1. The number of ether oxygens (including phenoxy) is 1. The molecule has 0 amide bonds. The van der Waals surface area contributed by atoms with Crippen molar-refractivity contribution in [3.8, 4) is 11.4 Å².